The van der Waals surface area contributed by atoms with E-state index in [4.69, 9.17) is 4.74 Å². The fourth-order valence-corrected chi connectivity index (χ4v) is 2.20. The lowest BCUT2D eigenvalue weighted by Crippen LogP contribution is -2.12. The van der Waals surface area contributed by atoms with Crippen LogP contribution < -0.4 is 0 Å². The Morgan fingerprint density at radius 2 is 1.92 bits per heavy atom. The average molecular weight is 348 g/mol. The molecule has 128 valence electrons. The van der Waals surface area contributed by atoms with Crippen molar-refractivity contribution < 1.29 is 22.7 Å². The van der Waals surface area contributed by atoms with Crippen molar-refractivity contribution in [3.05, 3.63) is 71.5 Å². The van der Waals surface area contributed by atoms with Crippen LogP contribution in [-0.4, -0.2) is 26.2 Å². The van der Waals surface area contributed by atoms with Gasteiger partial charge in [-0.2, -0.15) is 13.2 Å². The monoisotopic (exact) mass is 348 g/mol. The summed E-state index contributed by atoms with van der Waals surface area (Å²) in [6.45, 7) is -0.483. The predicted octanol–water partition coefficient (Wildman–Crippen LogP) is 3.04. The van der Waals surface area contributed by atoms with E-state index in [2.05, 4.69) is 15.5 Å². The third-order valence-corrected chi connectivity index (χ3v) is 3.38. The van der Waals surface area contributed by atoms with E-state index in [-0.39, 0.29) is 11.1 Å². The molecule has 0 saturated carbocycles. The van der Waals surface area contributed by atoms with Crippen molar-refractivity contribution >= 4 is 5.97 Å². The molecule has 0 aliphatic carbocycles. The highest BCUT2D eigenvalue weighted by atomic mass is 19.4. The highest BCUT2D eigenvalue weighted by Crippen LogP contribution is 2.32. The van der Waals surface area contributed by atoms with Gasteiger partial charge in [0.1, 0.15) is 12.9 Å². The van der Waals surface area contributed by atoms with Crippen LogP contribution in [0.4, 0.5) is 13.2 Å². The summed E-state index contributed by atoms with van der Waals surface area (Å²) < 4.78 is 45.2. The maximum atomic E-state index is 12.9. The molecule has 0 spiro atoms. The van der Waals surface area contributed by atoms with Crippen molar-refractivity contribution in [1.82, 2.24) is 20.2 Å². The van der Waals surface area contributed by atoms with Crippen molar-refractivity contribution in [3.8, 4) is 5.69 Å². The summed E-state index contributed by atoms with van der Waals surface area (Å²) in [4.78, 5) is 12.1. The number of benzene rings is 2. The normalized spacial score (nSPS) is 11.3. The lowest BCUT2D eigenvalue weighted by molar-refractivity contribution is -0.138. The first-order valence-electron chi connectivity index (χ1n) is 7.11. The lowest BCUT2D eigenvalue weighted by atomic mass is 10.1. The van der Waals surface area contributed by atoms with E-state index in [0.717, 1.165) is 6.07 Å². The molecule has 0 aliphatic rings. The van der Waals surface area contributed by atoms with Gasteiger partial charge in [-0.1, -0.05) is 24.3 Å². The summed E-state index contributed by atoms with van der Waals surface area (Å²) in [5, 5.41) is 10.7. The summed E-state index contributed by atoms with van der Waals surface area (Å²) in [7, 11) is 0. The molecule has 1 heterocycles. The van der Waals surface area contributed by atoms with Crippen LogP contribution in [0.3, 0.4) is 0 Å². The van der Waals surface area contributed by atoms with Gasteiger partial charge >= 0.3 is 12.1 Å². The molecule has 3 rings (SSSR count). The Bertz CT molecular complexity index is 879. The van der Waals surface area contributed by atoms with Gasteiger partial charge in [0.05, 0.1) is 16.8 Å². The third kappa shape index (κ3) is 3.82. The smallest absolute Gasteiger partial charge is 0.416 e. The second-order valence-electron chi connectivity index (χ2n) is 5.04. The molecule has 6 nitrogen and oxygen atoms in total. The number of hydrogen-bond donors (Lipinski definition) is 0. The van der Waals surface area contributed by atoms with Gasteiger partial charge in [0.15, 0.2) is 0 Å². The van der Waals surface area contributed by atoms with E-state index in [1.54, 1.807) is 12.1 Å². The van der Waals surface area contributed by atoms with Gasteiger partial charge in [0.25, 0.3) is 0 Å². The average Bonchev–Trinajstić information content (AvgIpc) is 3.14. The van der Waals surface area contributed by atoms with E-state index in [9.17, 15) is 18.0 Å². The zero-order valence-electron chi connectivity index (χ0n) is 12.6. The van der Waals surface area contributed by atoms with Gasteiger partial charge in [0.2, 0.25) is 0 Å². The standard InChI is InChI=1S/C16H11F3N4O2/c17-16(18,19)14-7-2-1-4-12(14)9-25-15(24)11-5-3-6-13(8-11)23-10-20-21-22-23/h1-8,10H,9H2. The van der Waals surface area contributed by atoms with Crippen LogP contribution in [0.2, 0.25) is 0 Å². The van der Waals surface area contributed by atoms with Crippen LogP contribution in [0.25, 0.3) is 5.69 Å². The fourth-order valence-electron chi connectivity index (χ4n) is 2.20. The number of alkyl halides is 3. The molecular weight excluding hydrogens is 337 g/mol. The number of carbonyl (C=O) groups is 1. The molecule has 0 bridgehead atoms. The Morgan fingerprint density at radius 3 is 2.64 bits per heavy atom. The van der Waals surface area contributed by atoms with Crippen LogP contribution in [0.1, 0.15) is 21.5 Å². The molecule has 0 aliphatic heterocycles. The topological polar surface area (TPSA) is 69.9 Å². The number of hydrogen-bond acceptors (Lipinski definition) is 5. The zero-order chi connectivity index (χ0) is 17.9. The molecule has 0 unspecified atom stereocenters. The molecule has 0 saturated heterocycles. The number of halogens is 3. The van der Waals surface area contributed by atoms with Crippen LogP contribution in [0.5, 0.6) is 0 Å². The SMILES string of the molecule is O=C(OCc1ccccc1C(F)(F)F)c1cccc(-n2cnnn2)c1. The number of esters is 1. The quantitative estimate of drug-likeness (QED) is 0.678. The Kier molecular flexibility index (Phi) is 4.46. The fraction of sp³-hybridized carbons (Fsp3) is 0.125. The maximum Gasteiger partial charge on any atom is 0.416 e. The first-order valence-corrected chi connectivity index (χ1v) is 7.11. The highest BCUT2D eigenvalue weighted by Gasteiger charge is 2.33. The number of carbonyl (C=O) groups excluding carboxylic acids is 1. The van der Waals surface area contributed by atoms with Gasteiger partial charge in [-0.05, 0) is 34.7 Å². The minimum atomic E-state index is -4.51. The molecule has 0 amide bonds. The number of ether oxygens (including phenoxy) is 1. The van der Waals surface area contributed by atoms with Crippen molar-refractivity contribution in [3.63, 3.8) is 0 Å². The Morgan fingerprint density at radius 1 is 1.12 bits per heavy atom. The van der Waals surface area contributed by atoms with Gasteiger partial charge in [-0.25, -0.2) is 9.48 Å². The summed E-state index contributed by atoms with van der Waals surface area (Å²) >= 11 is 0. The molecular formula is C16H11F3N4O2. The van der Waals surface area contributed by atoms with Gasteiger partial charge in [0, 0.05) is 5.56 Å². The van der Waals surface area contributed by atoms with Crippen molar-refractivity contribution in [2.45, 2.75) is 12.8 Å². The van der Waals surface area contributed by atoms with E-state index >= 15 is 0 Å². The third-order valence-electron chi connectivity index (χ3n) is 3.38. The minimum Gasteiger partial charge on any atom is -0.457 e. The number of tetrazole rings is 1. The summed E-state index contributed by atoms with van der Waals surface area (Å²) in [6, 6.07) is 11.2. The largest absolute Gasteiger partial charge is 0.457 e. The van der Waals surface area contributed by atoms with Crippen LogP contribution in [-0.2, 0) is 17.5 Å². The molecule has 0 atom stereocenters. The van der Waals surface area contributed by atoms with E-state index in [0.29, 0.717) is 5.69 Å². The van der Waals surface area contributed by atoms with Crippen molar-refractivity contribution in [2.75, 3.05) is 0 Å². The second kappa shape index (κ2) is 6.71. The molecule has 2 aromatic carbocycles. The second-order valence-corrected chi connectivity index (χ2v) is 5.04. The first kappa shape index (κ1) is 16.6. The van der Waals surface area contributed by atoms with E-state index in [1.165, 1.54) is 41.3 Å². The summed E-state index contributed by atoms with van der Waals surface area (Å²) in [6.07, 6.45) is -3.16. The molecule has 0 fully saturated rings. The number of nitrogens with zero attached hydrogens (tertiary/aromatic N) is 4. The molecule has 9 heteroatoms. The van der Waals surface area contributed by atoms with Crippen molar-refractivity contribution in [1.29, 1.82) is 0 Å². The predicted molar refractivity (Wildman–Crippen MR) is 79.7 cm³/mol. The molecule has 1 aromatic heterocycles. The molecule has 25 heavy (non-hydrogen) atoms. The first-order chi connectivity index (χ1) is 11.9. The highest BCUT2D eigenvalue weighted by molar-refractivity contribution is 5.90. The van der Waals surface area contributed by atoms with Gasteiger partial charge in [-0.15, -0.1) is 5.10 Å². The molecule has 0 N–H and O–H groups in total. The Hall–Kier alpha value is -3.23. The minimum absolute atomic E-state index is 0.111. The van der Waals surface area contributed by atoms with Crippen LogP contribution >= 0.6 is 0 Å². The van der Waals surface area contributed by atoms with E-state index in [1.807, 2.05) is 0 Å². The Labute approximate surface area is 139 Å². The molecule has 3 aromatic rings. The van der Waals surface area contributed by atoms with Crippen LogP contribution in [0.15, 0.2) is 54.9 Å². The van der Waals surface area contributed by atoms with Crippen LogP contribution in [0, 0.1) is 0 Å². The van der Waals surface area contributed by atoms with Crippen molar-refractivity contribution in [2.24, 2.45) is 0 Å². The van der Waals surface area contributed by atoms with Gasteiger partial charge in [-0.3, -0.25) is 0 Å². The Balaban J connectivity index is 1.75. The maximum absolute atomic E-state index is 12.9. The summed E-state index contributed by atoms with van der Waals surface area (Å²) in [5.74, 6) is -0.744. The molecule has 0 radical (unpaired) electrons. The zero-order valence-corrected chi connectivity index (χ0v) is 12.6. The van der Waals surface area contributed by atoms with Gasteiger partial charge < -0.3 is 4.74 Å². The van der Waals surface area contributed by atoms with E-state index < -0.39 is 24.3 Å². The number of rotatable bonds is 4. The number of aromatic nitrogens is 4. The summed E-state index contributed by atoms with van der Waals surface area (Å²) in [5.41, 5.74) is -0.238. The lowest BCUT2D eigenvalue weighted by Gasteiger charge is -2.13.